The van der Waals surface area contributed by atoms with Crippen molar-refractivity contribution in [2.75, 3.05) is 14.2 Å². The van der Waals surface area contributed by atoms with Crippen LogP contribution in [-0.2, 0) is 6.42 Å². The fourth-order valence-corrected chi connectivity index (χ4v) is 3.35. The highest BCUT2D eigenvalue weighted by atomic mass is 79.9. The maximum absolute atomic E-state index is 6.35. The molecule has 0 heterocycles. The Morgan fingerprint density at radius 3 is 2.67 bits per heavy atom. The molecule has 2 rings (SSSR count). The van der Waals surface area contributed by atoms with Gasteiger partial charge in [0.1, 0.15) is 0 Å². The zero-order chi connectivity index (χ0) is 13.3. The lowest BCUT2D eigenvalue weighted by Gasteiger charge is -2.21. The molecule has 0 bridgehead atoms. The molecule has 100 valence electrons. The van der Waals surface area contributed by atoms with E-state index in [1.807, 2.05) is 6.07 Å². The molecule has 1 aliphatic rings. The molecule has 2 atom stereocenters. The first-order valence-corrected chi connectivity index (χ1v) is 7.06. The molecule has 0 saturated carbocycles. The smallest absolute Gasteiger partial charge is 0.165 e. The molecular formula is C14H20BrNO2. The fourth-order valence-electron chi connectivity index (χ4n) is 2.73. The van der Waals surface area contributed by atoms with Gasteiger partial charge in [-0.25, -0.2) is 0 Å². The van der Waals surface area contributed by atoms with Gasteiger partial charge in [0.15, 0.2) is 11.5 Å². The van der Waals surface area contributed by atoms with Crippen molar-refractivity contribution in [3.63, 3.8) is 0 Å². The van der Waals surface area contributed by atoms with Gasteiger partial charge in [0.2, 0.25) is 0 Å². The minimum atomic E-state index is 0.0128. The average molecular weight is 314 g/mol. The number of halogens is 1. The molecule has 1 aliphatic carbocycles. The summed E-state index contributed by atoms with van der Waals surface area (Å²) in [5, 5.41) is 0. The van der Waals surface area contributed by atoms with Gasteiger partial charge < -0.3 is 15.2 Å². The predicted molar refractivity (Wildman–Crippen MR) is 76.3 cm³/mol. The first kappa shape index (κ1) is 13.7. The molecular weight excluding hydrogens is 294 g/mol. The van der Waals surface area contributed by atoms with Crippen LogP contribution in [0.5, 0.6) is 11.5 Å². The summed E-state index contributed by atoms with van der Waals surface area (Å²) in [5.41, 5.74) is 8.72. The Morgan fingerprint density at radius 2 is 2.06 bits per heavy atom. The molecule has 2 N–H and O–H groups in total. The maximum atomic E-state index is 6.35. The van der Waals surface area contributed by atoms with Crippen LogP contribution in [0.2, 0.25) is 0 Å². The van der Waals surface area contributed by atoms with Crippen LogP contribution in [0.15, 0.2) is 10.5 Å². The van der Waals surface area contributed by atoms with E-state index in [-0.39, 0.29) is 6.04 Å². The Labute approximate surface area is 117 Å². The summed E-state index contributed by atoms with van der Waals surface area (Å²) in [4.78, 5) is 0. The molecule has 4 heteroatoms. The van der Waals surface area contributed by atoms with E-state index in [9.17, 15) is 0 Å². The van der Waals surface area contributed by atoms with Gasteiger partial charge in [-0.3, -0.25) is 0 Å². The Hall–Kier alpha value is -0.740. The molecule has 2 unspecified atom stereocenters. The zero-order valence-corrected chi connectivity index (χ0v) is 12.7. The van der Waals surface area contributed by atoms with Crippen LogP contribution in [0.3, 0.4) is 0 Å². The lowest BCUT2D eigenvalue weighted by Crippen LogP contribution is -2.15. The van der Waals surface area contributed by atoms with E-state index in [0.717, 1.165) is 40.8 Å². The number of ether oxygens (including phenoxy) is 2. The van der Waals surface area contributed by atoms with Gasteiger partial charge in [0.25, 0.3) is 0 Å². The largest absolute Gasteiger partial charge is 0.493 e. The zero-order valence-electron chi connectivity index (χ0n) is 11.1. The molecule has 0 amide bonds. The number of benzene rings is 1. The summed E-state index contributed by atoms with van der Waals surface area (Å²) in [5.74, 6) is 2.17. The third kappa shape index (κ3) is 2.36. The van der Waals surface area contributed by atoms with Crippen molar-refractivity contribution in [1.29, 1.82) is 0 Å². The molecule has 0 aromatic heterocycles. The normalized spacial score (nSPS) is 23.2. The minimum Gasteiger partial charge on any atom is -0.493 e. The van der Waals surface area contributed by atoms with Crippen molar-refractivity contribution >= 4 is 15.9 Å². The van der Waals surface area contributed by atoms with Crippen molar-refractivity contribution in [3.8, 4) is 11.5 Å². The number of methoxy groups -OCH3 is 2. The number of fused-ring (bicyclic) bond motifs is 1. The summed E-state index contributed by atoms with van der Waals surface area (Å²) >= 11 is 3.63. The standard InChI is InChI=1S/C14H20BrNO2/c1-8-4-5-9-10(15)7-12(17-2)14(18-3)13(9)11(16)6-8/h7-8,11H,4-6,16H2,1-3H3. The molecule has 1 aromatic rings. The van der Waals surface area contributed by atoms with Crippen LogP contribution in [-0.4, -0.2) is 14.2 Å². The van der Waals surface area contributed by atoms with Crippen LogP contribution < -0.4 is 15.2 Å². The van der Waals surface area contributed by atoms with Gasteiger partial charge in [0.05, 0.1) is 14.2 Å². The first-order chi connectivity index (χ1) is 8.58. The van der Waals surface area contributed by atoms with Crippen molar-refractivity contribution in [1.82, 2.24) is 0 Å². The van der Waals surface area contributed by atoms with Gasteiger partial charge in [-0.1, -0.05) is 22.9 Å². The number of nitrogens with two attached hydrogens (primary N) is 1. The minimum absolute atomic E-state index is 0.0128. The van der Waals surface area contributed by atoms with E-state index >= 15 is 0 Å². The van der Waals surface area contributed by atoms with Gasteiger partial charge in [-0.2, -0.15) is 0 Å². The molecule has 0 spiro atoms. The average Bonchev–Trinajstić information content (AvgIpc) is 2.49. The quantitative estimate of drug-likeness (QED) is 0.851. The van der Waals surface area contributed by atoms with Crippen LogP contribution in [0.25, 0.3) is 0 Å². The Morgan fingerprint density at radius 1 is 1.33 bits per heavy atom. The molecule has 0 saturated heterocycles. The second-order valence-electron chi connectivity index (χ2n) is 4.97. The Bertz CT molecular complexity index is 448. The Balaban J connectivity index is 2.62. The molecule has 18 heavy (non-hydrogen) atoms. The summed E-state index contributed by atoms with van der Waals surface area (Å²) in [6.07, 6.45) is 3.18. The molecule has 3 nitrogen and oxygen atoms in total. The van der Waals surface area contributed by atoms with Crippen LogP contribution >= 0.6 is 15.9 Å². The SMILES string of the molecule is COc1cc(Br)c2c(c1OC)C(N)CC(C)CC2. The highest BCUT2D eigenvalue weighted by Crippen LogP contribution is 2.44. The van der Waals surface area contributed by atoms with Crippen LogP contribution in [0.1, 0.15) is 36.9 Å². The second kappa shape index (κ2) is 5.49. The van der Waals surface area contributed by atoms with Crippen LogP contribution in [0.4, 0.5) is 0 Å². The lowest BCUT2D eigenvalue weighted by atomic mass is 9.96. The highest BCUT2D eigenvalue weighted by Gasteiger charge is 2.27. The van der Waals surface area contributed by atoms with Gasteiger partial charge in [-0.05, 0) is 36.8 Å². The van der Waals surface area contributed by atoms with Crippen LogP contribution in [0, 0.1) is 5.92 Å². The number of rotatable bonds is 2. The molecule has 0 aliphatic heterocycles. The van der Waals surface area contributed by atoms with Crippen molar-refractivity contribution in [2.45, 2.75) is 32.2 Å². The molecule has 0 radical (unpaired) electrons. The van der Waals surface area contributed by atoms with Gasteiger partial charge >= 0.3 is 0 Å². The summed E-state index contributed by atoms with van der Waals surface area (Å²) < 4.78 is 12.0. The van der Waals surface area contributed by atoms with Crippen molar-refractivity contribution < 1.29 is 9.47 Å². The van der Waals surface area contributed by atoms with Gasteiger partial charge in [-0.15, -0.1) is 0 Å². The monoisotopic (exact) mass is 313 g/mol. The summed E-state index contributed by atoms with van der Waals surface area (Å²) in [6.45, 7) is 2.25. The number of hydrogen-bond acceptors (Lipinski definition) is 3. The van der Waals surface area contributed by atoms with Gasteiger partial charge in [0, 0.05) is 16.1 Å². The third-order valence-corrected chi connectivity index (χ3v) is 4.39. The van der Waals surface area contributed by atoms with Crippen molar-refractivity contribution in [2.24, 2.45) is 11.7 Å². The van der Waals surface area contributed by atoms with E-state index < -0.39 is 0 Å². The molecule has 1 aromatic carbocycles. The van der Waals surface area contributed by atoms with E-state index in [1.165, 1.54) is 5.56 Å². The first-order valence-electron chi connectivity index (χ1n) is 6.27. The topological polar surface area (TPSA) is 44.5 Å². The summed E-state index contributed by atoms with van der Waals surface area (Å²) in [6, 6.07) is 1.99. The number of hydrogen-bond donors (Lipinski definition) is 1. The van der Waals surface area contributed by atoms with E-state index in [2.05, 4.69) is 22.9 Å². The van der Waals surface area contributed by atoms with E-state index in [1.54, 1.807) is 14.2 Å². The predicted octanol–water partition coefficient (Wildman–Crippen LogP) is 3.44. The van der Waals surface area contributed by atoms with E-state index in [4.69, 9.17) is 15.2 Å². The van der Waals surface area contributed by atoms with E-state index in [0.29, 0.717) is 5.92 Å². The third-order valence-electron chi connectivity index (χ3n) is 3.68. The maximum Gasteiger partial charge on any atom is 0.165 e. The highest BCUT2D eigenvalue weighted by molar-refractivity contribution is 9.10. The fraction of sp³-hybridized carbons (Fsp3) is 0.571. The Kier molecular flexibility index (Phi) is 4.17. The second-order valence-corrected chi connectivity index (χ2v) is 5.83. The lowest BCUT2D eigenvalue weighted by molar-refractivity contribution is 0.347. The van der Waals surface area contributed by atoms with Crippen molar-refractivity contribution in [3.05, 3.63) is 21.7 Å². The molecule has 0 fully saturated rings. The summed E-state index contributed by atoms with van der Waals surface area (Å²) in [7, 11) is 3.33.